The summed E-state index contributed by atoms with van der Waals surface area (Å²) < 4.78 is 5.68. The molecule has 1 unspecified atom stereocenters. The molecule has 0 spiro atoms. The van der Waals surface area contributed by atoms with Crippen LogP contribution in [-0.4, -0.2) is 16.9 Å². The topological polar surface area (TPSA) is 65.9 Å². The number of nitrogens with zero attached hydrogens (tertiary/aromatic N) is 1. The Morgan fingerprint density at radius 1 is 1.18 bits per heavy atom. The molecule has 4 nitrogen and oxygen atoms in total. The van der Waals surface area contributed by atoms with Crippen LogP contribution in [0.3, 0.4) is 0 Å². The minimum atomic E-state index is -0.604. The van der Waals surface area contributed by atoms with Crippen molar-refractivity contribution in [3.05, 3.63) is 65.9 Å². The standard InChI is InChI=1S/C18H14N2O2/c1-12(22-14-8-6-13(10-19)7-9-14)18(21)16-11-20-17-5-3-2-4-15(16)17/h2-9,11-12,20H,1H3. The number of nitrogens with one attached hydrogen (secondary N) is 1. The van der Waals surface area contributed by atoms with Gasteiger partial charge in [0, 0.05) is 22.7 Å². The number of carbonyl (C=O) groups is 1. The first-order valence-corrected chi connectivity index (χ1v) is 6.96. The van der Waals surface area contributed by atoms with Crippen LogP contribution >= 0.6 is 0 Å². The van der Waals surface area contributed by atoms with Crippen molar-refractivity contribution in [2.45, 2.75) is 13.0 Å². The minimum Gasteiger partial charge on any atom is -0.483 e. The lowest BCUT2D eigenvalue weighted by molar-refractivity contribution is 0.0820. The summed E-state index contributed by atoms with van der Waals surface area (Å²) >= 11 is 0. The Labute approximate surface area is 128 Å². The molecule has 0 aliphatic carbocycles. The van der Waals surface area contributed by atoms with Crippen molar-refractivity contribution in [2.24, 2.45) is 0 Å². The predicted molar refractivity (Wildman–Crippen MR) is 83.9 cm³/mol. The van der Waals surface area contributed by atoms with Gasteiger partial charge in [0.15, 0.2) is 6.10 Å². The summed E-state index contributed by atoms with van der Waals surface area (Å²) in [6.07, 6.45) is 1.11. The molecule has 108 valence electrons. The van der Waals surface area contributed by atoms with E-state index in [-0.39, 0.29) is 5.78 Å². The summed E-state index contributed by atoms with van der Waals surface area (Å²) in [4.78, 5) is 15.6. The summed E-state index contributed by atoms with van der Waals surface area (Å²) in [6.45, 7) is 1.72. The first-order chi connectivity index (χ1) is 10.7. The Morgan fingerprint density at radius 2 is 1.91 bits per heavy atom. The normalized spacial score (nSPS) is 11.8. The maximum atomic E-state index is 12.5. The van der Waals surface area contributed by atoms with E-state index in [1.54, 1.807) is 37.4 Å². The van der Waals surface area contributed by atoms with Crippen molar-refractivity contribution in [3.8, 4) is 11.8 Å². The number of Topliss-reactive ketones (excluding diaryl/α,β-unsaturated/α-hetero) is 1. The van der Waals surface area contributed by atoms with Gasteiger partial charge >= 0.3 is 0 Å². The molecule has 0 bridgehead atoms. The van der Waals surface area contributed by atoms with Gasteiger partial charge in [0.05, 0.1) is 11.6 Å². The molecule has 1 atom stereocenters. The van der Waals surface area contributed by atoms with E-state index in [0.29, 0.717) is 16.9 Å². The Hall–Kier alpha value is -3.06. The van der Waals surface area contributed by atoms with Crippen molar-refractivity contribution in [3.63, 3.8) is 0 Å². The molecule has 4 heteroatoms. The fraction of sp³-hybridized carbons (Fsp3) is 0.111. The predicted octanol–water partition coefficient (Wildman–Crippen LogP) is 3.69. The number of hydrogen-bond donors (Lipinski definition) is 1. The SMILES string of the molecule is CC(Oc1ccc(C#N)cc1)C(=O)c1c[nH]c2ccccc12. The molecule has 0 saturated heterocycles. The van der Waals surface area contributed by atoms with E-state index >= 15 is 0 Å². The second kappa shape index (κ2) is 5.74. The number of aromatic nitrogens is 1. The van der Waals surface area contributed by atoms with Crippen LogP contribution in [0.15, 0.2) is 54.7 Å². The van der Waals surface area contributed by atoms with Crippen molar-refractivity contribution in [1.29, 1.82) is 5.26 Å². The van der Waals surface area contributed by atoms with E-state index in [1.807, 2.05) is 30.3 Å². The molecule has 22 heavy (non-hydrogen) atoms. The summed E-state index contributed by atoms with van der Waals surface area (Å²) in [5.74, 6) is 0.488. The van der Waals surface area contributed by atoms with E-state index in [9.17, 15) is 4.79 Å². The van der Waals surface area contributed by atoms with Crippen molar-refractivity contribution in [2.75, 3.05) is 0 Å². The molecular formula is C18H14N2O2. The van der Waals surface area contributed by atoms with Crippen LogP contribution < -0.4 is 4.74 Å². The largest absolute Gasteiger partial charge is 0.483 e. The van der Waals surface area contributed by atoms with Crippen LogP contribution in [0, 0.1) is 11.3 Å². The molecule has 0 aliphatic rings. The number of hydrogen-bond acceptors (Lipinski definition) is 3. The van der Waals surface area contributed by atoms with Crippen LogP contribution in [0.4, 0.5) is 0 Å². The van der Waals surface area contributed by atoms with Crippen LogP contribution in [-0.2, 0) is 0 Å². The van der Waals surface area contributed by atoms with Gasteiger partial charge in [-0.25, -0.2) is 0 Å². The van der Waals surface area contributed by atoms with Gasteiger partial charge in [-0.3, -0.25) is 4.79 Å². The van der Waals surface area contributed by atoms with Gasteiger partial charge in [0.1, 0.15) is 5.75 Å². The van der Waals surface area contributed by atoms with Crippen molar-refractivity contribution >= 4 is 16.7 Å². The molecule has 0 amide bonds. The fourth-order valence-electron chi connectivity index (χ4n) is 2.36. The lowest BCUT2D eigenvalue weighted by Crippen LogP contribution is -2.23. The second-order valence-corrected chi connectivity index (χ2v) is 5.01. The lowest BCUT2D eigenvalue weighted by atomic mass is 10.1. The Bertz CT molecular complexity index is 857. The van der Waals surface area contributed by atoms with Gasteiger partial charge in [0.25, 0.3) is 0 Å². The highest BCUT2D eigenvalue weighted by Crippen LogP contribution is 2.21. The number of aromatic amines is 1. The number of fused-ring (bicyclic) bond motifs is 1. The summed E-state index contributed by atoms with van der Waals surface area (Å²) in [7, 11) is 0. The number of nitriles is 1. The molecular weight excluding hydrogens is 276 g/mol. The first-order valence-electron chi connectivity index (χ1n) is 6.96. The van der Waals surface area contributed by atoms with Gasteiger partial charge in [-0.15, -0.1) is 0 Å². The van der Waals surface area contributed by atoms with Gasteiger partial charge in [-0.1, -0.05) is 18.2 Å². The number of ether oxygens (including phenoxy) is 1. The molecule has 2 aromatic carbocycles. The molecule has 1 aromatic heterocycles. The van der Waals surface area contributed by atoms with E-state index in [2.05, 4.69) is 4.98 Å². The first kappa shape index (κ1) is 13.9. The highest BCUT2D eigenvalue weighted by atomic mass is 16.5. The van der Waals surface area contributed by atoms with Gasteiger partial charge in [-0.2, -0.15) is 5.26 Å². The van der Waals surface area contributed by atoms with E-state index < -0.39 is 6.10 Å². The fourth-order valence-corrected chi connectivity index (χ4v) is 2.36. The zero-order valence-corrected chi connectivity index (χ0v) is 12.0. The van der Waals surface area contributed by atoms with Crippen molar-refractivity contribution < 1.29 is 9.53 Å². The highest BCUT2D eigenvalue weighted by molar-refractivity contribution is 6.09. The molecule has 0 aliphatic heterocycles. The number of benzene rings is 2. The van der Waals surface area contributed by atoms with E-state index in [4.69, 9.17) is 10.00 Å². The quantitative estimate of drug-likeness (QED) is 0.745. The third kappa shape index (κ3) is 2.57. The maximum Gasteiger partial charge on any atom is 0.205 e. The number of H-pyrrole nitrogens is 1. The molecule has 3 rings (SSSR count). The van der Waals surface area contributed by atoms with Crippen LogP contribution in [0.5, 0.6) is 5.75 Å². The summed E-state index contributed by atoms with van der Waals surface area (Å²) in [6, 6.07) is 16.4. The maximum absolute atomic E-state index is 12.5. The zero-order valence-electron chi connectivity index (χ0n) is 12.0. The van der Waals surface area contributed by atoms with E-state index in [1.165, 1.54) is 0 Å². The average molecular weight is 290 g/mol. The van der Waals surface area contributed by atoms with Crippen molar-refractivity contribution in [1.82, 2.24) is 4.98 Å². The molecule has 0 saturated carbocycles. The van der Waals surface area contributed by atoms with Crippen LogP contribution in [0.1, 0.15) is 22.8 Å². The average Bonchev–Trinajstić information content (AvgIpc) is 2.99. The Kier molecular flexibility index (Phi) is 3.63. The Balaban J connectivity index is 1.80. The number of rotatable bonds is 4. The molecule has 0 fully saturated rings. The minimum absolute atomic E-state index is 0.0817. The van der Waals surface area contributed by atoms with Gasteiger partial charge in [0.2, 0.25) is 5.78 Å². The molecule has 1 heterocycles. The number of ketones is 1. The second-order valence-electron chi connectivity index (χ2n) is 5.01. The monoisotopic (exact) mass is 290 g/mol. The molecule has 3 aromatic rings. The van der Waals surface area contributed by atoms with Gasteiger partial charge < -0.3 is 9.72 Å². The summed E-state index contributed by atoms with van der Waals surface area (Å²) in [5, 5.41) is 9.67. The van der Waals surface area contributed by atoms with E-state index in [0.717, 1.165) is 10.9 Å². The Morgan fingerprint density at radius 3 is 2.64 bits per heavy atom. The number of para-hydroxylation sites is 1. The van der Waals surface area contributed by atoms with Crippen LogP contribution in [0.25, 0.3) is 10.9 Å². The van der Waals surface area contributed by atoms with Crippen LogP contribution in [0.2, 0.25) is 0 Å². The lowest BCUT2D eigenvalue weighted by Gasteiger charge is -2.13. The third-order valence-corrected chi connectivity index (χ3v) is 3.52. The number of carbonyl (C=O) groups excluding carboxylic acids is 1. The zero-order chi connectivity index (χ0) is 15.5. The smallest absolute Gasteiger partial charge is 0.205 e. The highest BCUT2D eigenvalue weighted by Gasteiger charge is 2.20. The molecule has 0 radical (unpaired) electrons. The summed E-state index contributed by atoms with van der Waals surface area (Å²) in [5.41, 5.74) is 2.11. The third-order valence-electron chi connectivity index (χ3n) is 3.52. The van der Waals surface area contributed by atoms with Gasteiger partial charge in [-0.05, 0) is 37.3 Å². The molecule has 1 N–H and O–H groups in total.